The van der Waals surface area contributed by atoms with E-state index >= 15 is 4.39 Å². The number of aryl methyl sites for hydroxylation is 2. The lowest BCUT2D eigenvalue weighted by Crippen LogP contribution is -2.62. The highest BCUT2D eigenvalue weighted by atomic mass is 32.1. The maximum atomic E-state index is 17.5. The van der Waals surface area contributed by atoms with Crippen molar-refractivity contribution >= 4 is 78.0 Å². The fourth-order valence-electron chi connectivity index (χ4n) is 12.3. The zero-order valence-corrected chi connectivity index (χ0v) is 41.7. The number of hydrogen-bond acceptors (Lipinski definition) is 3. The Morgan fingerprint density at radius 1 is 0.585 bits per heavy atom. The van der Waals surface area contributed by atoms with E-state index in [0.29, 0.717) is 0 Å². The predicted octanol–water partition coefficient (Wildman–Crippen LogP) is 15.4. The van der Waals surface area contributed by atoms with E-state index < -0.39 is 0 Å². The fraction of sp³-hybridized carbons (Fsp3) is 0.367. The highest BCUT2D eigenvalue weighted by molar-refractivity contribution is 7.26. The summed E-state index contributed by atoms with van der Waals surface area (Å²) in [5, 5.41) is 2.48. The maximum absolute atomic E-state index is 17.5. The van der Waals surface area contributed by atoms with Crippen molar-refractivity contribution in [1.82, 2.24) is 0 Å². The number of thiophene rings is 1. The van der Waals surface area contributed by atoms with Crippen LogP contribution in [0.5, 0.6) is 0 Å². The molecule has 11 rings (SSSR count). The van der Waals surface area contributed by atoms with Crippen molar-refractivity contribution in [3.8, 4) is 11.1 Å². The maximum Gasteiger partial charge on any atom is 0.254 e. The molecule has 3 heterocycles. The Morgan fingerprint density at radius 3 is 1.88 bits per heavy atom. The molecule has 6 aromatic carbocycles. The van der Waals surface area contributed by atoms with E-state index in [1.165, 1.54) is 87.2 Å². The van der Waals surface area contributed by atoms with Gasteiger partial charge in [0.25, 0.3) is 6.71 Å². The third-order valence-corrected chi connectivity index (χ3v) is 17.5. The number of benzene rings is 6. The van der Waals surface area contributed by atoms with Crippen LogP contribution in [0.3, 0.4) is 0 Å². The van der Waals surface area contributed by atoms with Gasteiger partial charge in [-0.1, -0.05) is 148 Å². The molecule has 0 amide bonds. The average Bonchev–Trinajstić information content (AvgIpc) is 3.61. The van der Waals surface area contributed by atoms with Gasteiger partial charge in [0.05, 0.1) is 10.7 Å². The van der Waals surface area contributed by atoms with Crippen molar-refractivity contribution in [1.29, 1.82) is 0 Å². The Morgan fingerprint density at radius 2 is 1.22 bits per heavy atom. The van der Waals surface area contributed by atoms with Crippen LogP contribution in [0.2, 0.25) is 0 Å². The van der Waals surface area contributed by atoms with E-state index in [0.717, 1.165) is 48.4 Å². The van der Waals surface area contributed by atoms with Crippen molar-refractivity contribution < 1.29 is 4.39 Å². The topological polar surface area (TPSA) is 6.48 Å². The third kappa shape index (κ3) is 6.30. The average molecular weight is 875 g/mol. The molecule has 0 spiro atoms. The minimum Gasteiger partial charge on any atom is -0.310 e. The lowest BCUT2D eigenvalue weighted by molar-refractivity contribution is 0.332. The summed E-state index contributed by atoms with van der Waals surface area (Å²) in [5.74, 6) is -0.217. The largest absolute Gasteiger partial charge is 0.310 e. The zero-order valence-electron chi connectivity index (χ0n) is 40.9. The molecule has 0 atom stereocenters. The van der Waals surface area contributed by atoms with E-state index in [9.17, 15) is 0 Å². The molecule has 0 unspecified atom stereocenters. The van der Waals surface area contributed by atoms with Gasteiger partial charge in [-0.25, -0.2) is 4.39 Å². The van der Waals surface area contributed by atoms with Gasteiger partial charge in [0.15, 0.2) is 0 Å². The van der Waals surface area contributed by atoms with Crippen molar-refractivity contribution in [2.75, 3.05) is 9.80 Å². The minimum absolute atomic E-state index is 0.00455. The first-order chi connectivity index (χ1) is 30.6. The molecule has 0 radical (unpaired) electrons. The van der Waals surface area contributed by atoms with Crippen LogP contribution in [0.1, 0.15) is 141 Å². The summed E-state index contributed by atoms with van der Waals surface area (Å²) in [6, 6.07) is 38.7. The van der Waals surface area contributed by atoms with E-state index in [-0.39, 0.29) is 39.6 Å². The van der Waals surface area contributed by atoms with Gasteiger partial charge in [-0.05, 0) is 164 Å². The number of anilines is 6. The molecule has 0 bridgehead atoms. The van der Waals surface area contributed by atoms with Crippen molar-refractivity contribution in [3.05, 3.63) is 148 Å². The van der Waals surface area contributed by atoms with Crippen molar-refractivity contribution in [3.63, 3.8) is 0 Å². The molecular formula is C60H64BFN2S. The van der Waals surface area contributed by atoms with Gasteiger partial charge in [0.1, 0.15) is 5.82 Å². The molecule has 1 aromatic heterocycles. The minimum atomic E-state index is -0.217. The first-order valence-electron chi connectivity index (χ1n) is 24.1. The van der Waals surface area contributed by atoms with Crippen LogP contribution in [0.25, 0.3) is 21.2 Å². The van der Waals surface area contributed by atoms with E-state index in [4.69, 9.17) is 0 Å². The first-order valence-corrected chi connectivity index (χ1v) is 24.9. The van der Waals surface area contributed by atoms with Crippen LogP contribution < -0.4 is 26.2 Å². The Labute approximate surface area is 392 Å². The Bertz CT molecular complexity index is 3140. The monoisotopic (exact) mass is 874 g/mol. The molecule has 0 saturated carbocycles. The van der Waals surface area contributed by atoms with Gasteiger partial charge in [-0.3, -0.25) is 0 Å². The summed E-state index contributed by atoms with van der Waals surface area (Å²) in [6.07, 6.45) is 4.43. The Balaban J connectivity index is 1.32. The van der Waals surface area contributed by atoms with E-state index in [1.807, 2.05) is 23.5 Å². The molecule has 2 aliphatic carbocycles. The van der Waals surface area contributed by atoms with Crippen molar-refractivity contribution in [2.24, 2.45) is 0 Å². The smallest absolute Gasteiger partial charge is 0.254 e. The first kappa shape index (κ1) is 42.5. The quantitative estimate of drug-likeness (QED) is 0.163. The molecule has 4 aliphatic rings. The molecule has 65 heavy (non-hydrogen) atoms. The second-order valence-corrected chi connectivity index (χ2v) is 24.8. The molecular weight excluding hydrogens is 811 g/mol. The van der Waals surface area contributed by atoms with Crippen LogP contribution in [0.4, 0.5) is 37.8 Å². The van der Waals surface area contributed by atoms with Crippen molar-refractivity contribution in [2.45, 2.75) is 143 Å². The second kappa shape index (κ2) is 14.0. The Hall–Kier alpha value is -5.13. The molecule has 5 heteroatoms. The highest BCUT2D eigenvalue weighted by Crippen LogP contribution is 2.57. The van der Waals surface area contributed by atoms with Crippen LogP contribution in [0.15, 0.2) is 103 Å². The number of rotatable bonds is 3. The normalized spacial score (nSPS) is 18.5. The number of fused-ring (bicyclic) bond motifs is 9. The molecule has 2 nitrogen and oxygen atoms in total. The van der Waals surface area contributed by atoms with Crippen LogP contribution in [-0.2, 0) is 27.1 Å². The summed E-state index contributed by atoms with van der Waals surface area (Å²) in [5.41, 5.74) is 20.7. The summed E-state index contributed by atoms with van der Waals surface area (Å²) < 4.78 is 18.8. The number of hydrogen-bond donors (Lipinski definition) is 0. The molecule has 0 saturated heterocycles. The molecule has 7 aromatic rings. The van der Waals surface area contributed by atoms with E-state index in [2.05, 4.69) is 191 Å². The lowest BCUT2D eigenvalue weighted by atomic mass is 9.33. The van der Waals surface area contributed by atoms with Gasteiger partial charge in [0.2, 0.25) is 0 Å². The van der Waals surface area contributed by atoms with Gasteiger partial charge in [0, 0.05) is 33.0 Å². The number of nitrogens with zero attached hydrogens (tertiary/aromatic N) is 2. The summed E-state index contributed by atoms with van der Waals surface area (Å²) >= 11 is 1.85. The van der Waals surface area contributed by atoms with Gasteiger partial charge >= 0.3 is 0 Å². The zero-order chi connectivity index (χ0) is 45.9. The Kier molecular flexibility index (Phi) is 9.13. The van der Waals surface area contributed by atoms with Crippen LogP contribution in [0, 0.1) is 19.7 Å². The standard InChI is InChI=1S/C60H64BFN2S/c1-35-19-24-50-41(29-35)52-55(65-50)64(46-23-20-38(30-36(46)2)56(3,4)5)49-32-39(62)31-48-53(49)61(52)45-22-21-42-51(60(12,13)28-27-57(42,6)7)54(45)63(48)47-34-44-43(58(8,9)25-26-59(44,10)11)33-40(47)37-17-15-14-16-18-37/h14-24,29-34H,25-28H2,1-13H3. The van der Waals surface area contributed by atoms with Crippen LogP contribution >= 0.6 is 11.3 Å². The summed E-state index contributed by atoms with van der Waals surface area (Å²) in [7, 11) is 0. The number of halogens is 1. The molecule has 2 aliphatic heterocycles. The van der Waals surface area contributed by atoms with Gasteiger partial charge < -0.3 is 9.80 Å². The van der Waals surface area contributed by atoms with Gasteiger partial charge in [-0.15, -0.1) is 11.3 Å². The van der Waals surface area contributed by atoms with Gasteiger partial charge in [-0.2, -0.15) is 0 Å². The lowest BCUT2D eigenvalue weighted by Gasteiger charge is -2.50. The predicted molar refractivity (Wildman–Crippen MR) is 280 cm³/mol. The molecule has 0 fully saturated rings. The van der Waals surface area contributed by atoms with E-state index in [1.54, 1.807) is 0 Å². The highest BCUT2D eigenvalue weighted by Gasteiger charge is 2.50. The summed E-state index contributed by atoms with van der Waals surface area (Å²) in [4.78, 5) is 5.01. The molecule has 0 N–H and O–H groups in total. The summed E-state index contributed by atoms with van der Waals surface area (Å²) in [6.45, 7) is 30.7. The van der Waals surface area contributed by atoms with Crippen LogP contribution in [-0.4, -0.2) is 6.71 Å². The second-order valence-electron chi connectivity index (χ2n) is 23.8. The molecule has 330 valence electrons. The fourth-order valence-corrected chi connectivity index (χ4v) is 13.6. The third-order valence-electron chi connectivity index (χ3n) is 16.3. The SMILES string of the molecule is Cc1ccc2sc3c(c2c1)B1c2ccc4c(c2N(c2cc5c(cc2-c2ccccc2)C(C)(C)CCC5(C)C)c2cc(F)cc(c21)N3c1ccc(C(C)(C)C)cc1C)C(C)(C)CCC4(C)C.